The van der Waals surface area contributed by atoms with Crippen molar-refractivity contribution in [2.75, 3.05) is 11.7 Å². The first-order valence-corrected chi connectivity index (χ1v) is 7.88. The molecule has 11 heteroatoms. The quantitative estimate of drug-likeness (QED) is 0.368. The maximum atomic E-state index is 12.1. The molecule has 23 heavy (non-hydrogen) atoms. The number of aryl methyl sites for hydroxylation is 1. The van der Waals surface area contributed by atoms with Gasteiger partial charge in [-0.1, -0.05) is 17.8 Å². The molecule has 1 aromatic carbocycles. The van der Waals surface area contributed by atoms with Crippen molar-refractivity contribution in [3.05, 3.63) is 45.8 Å². The highest BCUT2D eigenvalue weighted by atomic mass is 32.2. The standard InChI is InChI=1S/C12H12N6O3S2/c1-7-14-15-12(23-2)17(7)16-11(22)13-10(19)8-4-3-5-9(6-8)18(20)21/h3-6H,1-2H3,(H2,13,16,19,22). The fourth-order valence-electron chi connectivity index (χ4n) is 1.67. The van der Waals surface area contributed by atoms with Gasteiger partial charge in [0.1, 0.15) is 5.82 Å². The number of nitrogens with zero attached hydrogens (tertiary/aromatic N) is 4. The highest BCUT2D eigenvalue weighted by Crippen LogP contribution is 2.13. The molecule has 2 aromatic rings. The van der Waals surface area contributed by atoms with Crippen LogP contribution in [0, 0.1) is 17.0 Å². The number of rotatable bonds is 4. The number of non-ortho nitro benzene ring substituents is 1. The Bertz CT molecular complexity index is 776. The van der Waals surface area contributed by atoms with Gasteiger partial charge in [0.2, 0.25) is 5.16 Å². The molecule has 0 unspecified atom stereocenters. The zero-order valence-corrected chi connectivity index (χ0v) is 13.8. The molecule has 0 atom stereocenters. The van der Waals surface area contributed by atoms with E-state index < -0.39 is 10.8 Å². The Labute approximate surface area is 140 Å². The van der Waals surface area contributed by atoms with E-state index in [2.05, 4.69) is 20.9 Å². The molecule has 9 nitrogen and oxygen atoms in total. The summed E-state index contributed by atoms with van der Waals surface area (Å²) in [6.45, 7) is 1.73. The van der Waals surface area contributed by atoms with E-state index in [0.29, 0.717) is 11.0 Å². The summed E-state index contributed by atoms with van der Waals surface area (Å²) in [6.07, 6.45) is 1.83. The van der Waals surface area contributed by atoms with Crippen LogP contribution in [0.3, 0.4) is 0 Å². The molecule has 1 aromatic heterocycles. The van der Waals surface area contributed by atoms with E-state index in [9.17, 15) is 14.9 Å². The Kier molecular flexibility index (Phi) is 5.24. The van der Waals surface area contributed by atoms with Crippen LogP contribution < -0.4 is 10.7 Å². The summed E-state index contributed by atoms with van der Waals surface area (Å²) in [7, 11) is 0. The zero-order valence-electron chi connectivity index (χ0n) is 12.1. The summed E-state index contributed by atoms with van der Waals surface area (Å²) in [5, 5.41) is 21.6. The summed E-state index contributed by atoms with van der Waals surface area (Å²) >= 11 is 6.43. The van der Waals surface area contributed by atoms with Crippen molar-refractivity contribution in [1.29, 1.82) is 0 Å². The van der Waals surface area contributed by atoms with E-state index in [-0.39, 0.29) is 16.4 Å². The molecule has 0 fully saturated rings. The summed E-state index contributed by atoms with van der Waals surface area (Å²) in [4.78, 5) is 22.3. The van der Waals surface area contributed by atoms with Crippen molar-refractivity contribution in [3.63, 3.8) is 0 Å². The molecular weight excluding hydrogens is 340 g/mol. The van der Waals surface area contributed by atoms with Crippen molar-refractivity contribution in [1.82, 2.24) is 20.2 Å². The molecule has 0 bridgehead atoms. The lowest BCUT2D eigenvalue weighted by molar-refractivity contribution is -0.384. The largest absolute Gasteiger partial charge is 0.298 e. The first-order chi connectivity index (χ1) is 10.9. The Balaban J connectivity index is 2.08. The van der Waals surface area contributed by atoms with Crippen molar-refractivity contribution < 1.29 is 9.72 Å². The molecule has 1 heterocycles. The van der Waals surface area contributed by atoms with Crippen LogP contribution >= 0.6 is 24.0 Å². The second-order valence-corrected chi connectivity index (χ2v) is 5.45. The smallest absolute Gasteiger partial charge is 0.270 e. The van der Waals surface area contributed by atoms with Gasteiger partial charge in [-0.2, -0.15) is 0 Å². The molecule has 0 aliphatic carbocycles. The minimum absolute atomic E-state index is 0.0275. The van der Waals surface area contributed by atoms with Crippen LogP contribution in [0.25, 0.3) is 0 Å². The SMILES string of the molecule is CSc1nnc(C)n1NC(=S)NC(=O)c1cccc([N+](=O)[O-])c1. The number of carbonyl (C=O) groups excluding carboxylic acids is 1. The molecule has 120 valence electrons. The maximum Gasteiger partial charge on any atom is 0.270 e. The number of hydrogen-bond donors (Lipinski definition) is 2. The van der Waals surface area contributed by atoms with Gasteiger partial charge in [-0.3, -0.25) is 25.7 Å². The second-order valence-electron chi connectivity index (χ2n) is 4.27. The van der Waals surface area contributed by atoms with E-state index >= 15 is 0 Å². The number of carbonyl (C=O) groups is 1. The number of aromatic nitrogens is 3. The predicted octanol–water partition coefficient (Wildman–Crippen LogP) is 1.48. The van der Waals surface area contributed by atoms with Crippen LogP contribution in [-0.4, -0.2) is 37.1 Å². The third-order valence-electron chi connectivity index (χ3n) is 2.74. The lowest BCUT2D eigenvalue weighted by Gasteiger charge is -2.12. The van der Waals surface area contributed by atoms with Gasteiger partial charge in [0, 0.05) is 17.7 Å². The third-order valence-corrected chi connectivity index (χ3v) is 3.56. The monoisotopic (exact) mass is 352 g/mol. The Morgan fingerprint density at radius 3 is 2.83 bits per heavy atom. The first-order valence-electron chi connectivity index (χ1n) is 6.25. The van der Waals surface area contributed by atoms with Gasteiger partial charge >= 0.3 is 0 Å². The minimum atomic E-state index is -0.571. The molecule has 0 aliphatic heterocycles. The number of thioether (sulfide) groups is 1. The van der Waals surface area contributed by atoms with Gasteiger partial charge < -0.3 is 0 Å². The number of nitro benzene ring substituents is 1. The highest BCUT2D eigenvalue weighted by molar-refractivity contribution is 7.98. The number of benzene rings is 1. The van der Waals surface area contributed by atoms with Crippen LogP contribution in [0.5, 0.6) is 0 Å². The van der Waals surface area contributed by atoms with Crippen molar-refractivity contribution >= 4 is 40.7 Å². The van der Waals surface area contributed by atoms with Crippen LogP contribution in [0.15, 0.2) is 29.4 Å². The number of thiocarbonyl (C=S) groups is 1. The van der Waals surface area contributed by atoms with Gasteiger partial charge in [-0.05, 0) is 31.5 Å². The van der Waals surface area contributed by atoms with Gasteiger partial charge in [0.05, 0.1) is 4.92 Å². The Morgan fingerprint density at radius 2 is 2.17 bits per heavy atom. The summed E-state index contributed by atoms with van der Waals surface area (Å²) in [5.41, 5.74) is 2.75. The zero-order chi connectivity index (χ0) is 17.0. The minimum Gasteiger partial charge on any atom is -0.298 e. The molecule has 0 aliphatic rings. The van der Waals surface area contributed by atoms with Gasteiger partial charge in [0.25, 0.3) is 11.6 Å². The Hall–Kier alpha value is -2.53. The topological polar surface area (TPSA) is 115 Å². The maximum absolute atomic E-state index is 12.1. The van der Waals surface area contributed by atoms with Crippen molar-refractivity contribution in [2.24, 2.45) is 0 Å². The van der Waals surface area contributed by atoms with Crippen LogP contribution in [-0.2, 0) is 0 Å². The van der Waals surface area contributed by atoms with Crippen molar-refractivity contribution in [3.8, 4) is 0 Å². The molecule has 0 spiro atoms. The van der Waals surface area contributed by atoms with Gasteiger partial charge in [-0.15, -0.1) is 10.2 Å². The lowest BCUT2D eigenvalue weighted by Crippen LogP contribution is -2.38. The fraction of sp³-hybridized carbons (Fsp3) is 0.167. The van der Waals surface area contributed by atoms with Crippen LogP contribution in [0.1, 0.15) is 16.2 Å². The predicted molar refractivity (Wildman–Crippen MR) is 89.1 cm³/mol. The molecule has 0 radical (unpaired) electrons. The molecule has 2 N–H and O–H groups in total. The molecule has 0 saturated carbocycles. The summed E-state index contributed by atoms with van der Waals surface area (Å²) in [6, 6.07) is 5.37. The van der Waals surface area contributed by atoms with E-state index in [1.54, 1.807) is 6.92 Å². The van der Waals surface area contributed by atoms with Gasteiger partial charge in [-0.25, -0.2) is 4.68 Å². The van der Waals surface area contributed by atoms with E-state index in [0.717, 1.165) is 0 Å². The third kappa shape index (κ3) is 4.02. The average molecular weight is 352 g/mol. The number of nitrogens with one attached hydrogen (secondary N) is 2. The molecule has 1 amide bonds. The summed E-state index contributed by atoms with van der Waals surface area (Å²) < 4.78 is 1.53. The van der Waals surface area contributed by atoms with Crippen LogP contribution in [0.2, 0.25) is 0 Å². The first kappa shape index (κ1) is 16.8. The fourth-order valence-corrected chi connectivity index (χ4v) is 2.34. The molecular formula is C12H12N6O3S2. The van der Waals surface area contributed by atoms with E-state index in [1.807, 2.05) is 6.26 Å². The number of amides is 1. The van der Waals surface area contributed by atoms with Crippen molar-refractivity contribution in [2.45, 2.75) is 12.1 Å². The Morgan fingerprint density at radius 1 is 1.43 bits per heavy atom. The summed E-state index contributed by atoms with van der Waals surface area (Å²) in [5.74, 6) is 0.0175. The van der Waals surface area contributed by atoms with E-state index in [4.69, 9.17) is 12.2 Å². The molecule has 0 saturated heterocycles. The van der Waals surface area contributed by atoms with E-state index in [1.165, 1.54) is 40.7 Å². The lowest BCUT2D eigenvalue weighted by atomic mass is 10.2. The van der Waals surface area contributed by atoms with Crippen LogP contribution in [0.4, 0.5) is 5.69 Å². The second kappa shape index (κ2) is 7.15. The van der Waals surface area contributed by atoms with Gasteiger partial charge in [0.15, 0.2) is 5.11 Å². The highest BCUT2D eigenvalue weighted by Gasteiger charge is 2.14. The number of nitro groups is 1. The number of hydrogen-bond acceptors (Lipinski definition) is 7. The normalized spacial score (nSPS) is 10.2. The molecule has 2 rings (SSSR count). The average Bonchev–Trinajstić information content (AvgIpc) is 2.87.